The van der Waals surface area contributed by atoms with E-state index in [-0.39, 0.29) is 11.8 Å². The number of nitrogens with one attached hydrogen (secondary N) is 2. The molecule has 2 N–H and O–H groups in total. The Kier molecular flexibility index (Phi) is 6.85. The van der Waals surface area contributed by atoms with Crippen molar-refractivity contribution in [3.63, 3.8) is 0 Å². The van der Waals surface area contributed by atoms with Gasteiger partial charge in [0.1, 0.15) is 5.75 Å². The van der Waals surface area contributed by atoms with E-state index in [9.17, 15) is 9.59 Å². The molecule has 150 valence electrons. The van der Waals surface area contributed by atoms with Crippen molar-refractivity contribution >= 4 is 28.3 Å². The van der Waals surface area contributed by atoms with Gasteiger partial charge in [0.05, 0.1) is 11.3 Å². The highest BCUT2D eigenvalue weighted by Crippen LogP contribution is 2.27. The van der Waals surface area contributed by atoms with Gasteiger partial charge >= 0.3 is 0 Å². The van der Waals surface area contributed by atoms with Crippen LogP contribution in [-0.2, 0) is 4.79 Å². The van der Waals surface area contributed by atoms with Gasteiger partial charge in [-0.2, -0.15) is 0 Å². The molecule has 0 saturated heterocycles. The second-order valence-corrected chi connectivity index (χ2v) is 6.78. The van der Waals surface area contributed by atoms with E-state index < -0.39 is 6.10 Å². The topological polar surface area (TPSA) is 67.4 Å². The average molecular weight is 390 g/mol. The second-order valence-electron chi connectivity index (χ2n) is 6.78. The van der Waals surface area contributed by atoms with Crippen molar-refractivity contribution in [2.75, 3.05) is 11.9 Å². The third kappa shape index (κ3) is 4.93. The Morgan fingerprint density at radius 1 is 0.931 bits per heavy atom. The fourth-order valence-corrected chi connectivity index (χ4v) is 3.11. The summed E-state index contributed by atoms with van der Waals surface area (Å²) >= 11 is 0. The highest BCUT2D eigenvalue weighted by atomic mass is 16.5. The lowest BCUT2D eigenvalue weighted by molar-refractivity contribution is -0.122. The van der Waals surface area contributed by atoms with E-state index in [1.165, 1.54) is 0 Å². The van der Waals surface area contributed by atoms with Crippen LogP contribution in [0, 0.1) is 0 Å². The van der Waals surface area contributed by atoms with Crippen molar-refractivity contribution in [3.8, 4) is 5.75 Å². The van der Waals surface area contributed by atoms with Crippen LogP contribution in [0.2, 0.25) is 0 Å². The molecule has 3 rings (SSSR count). The number of rotatable bonds is 8. The summed E-state index contributed by atoms with van der Waals surface area (Å²) in [6.07, 6.45) is 0.670. The van der Waals surface area contributed by atoms with Crippen LogP contribution in [0.25, 0.3) is 10.8 Å². The molecule has 0 radical (unpaired) electrons. The van der Waals surface area contributed by atoms with Crippen LogP contribution < -0.4 is 15.4 Å². The summed E-state index contributed by atoms with van der Waals surface area (Å²) in [5, 5.41) is 7.72. The van der Waals surface area contributed by atoms with Crippen molar-refractivity contribution < 1.29 is 14.3 Å². The van der Waals surface area contributed by atoms with E-state index in [1.807, 2.05) is 56.3 Å². The zero-order valence-corrected chi connectivity index (χ0v) is 16.8. The first-order valence-electron chi connectivity index (χ1n) is 9.96. The van der Waals surface area contributed by atoms with E-state index >= 15 is 0 Å². The number of ether oxygens (including phenoxy) is 1. The third-order valence-electron chi connectivity index (χ3n) is 4.65. The minimum Gasteiger partial charge on any atom is -0.480 e. The number of amides is 2. The van der Waals surface area contributed by atoms with Crippen LogP contribution in [0.1, 0.15) is 37.0 Å². The lowest BCUT2D eigenvalue weighted by Crippen LogP contribution is -2.33. The summed E-state index contributed by atoms with van der Waals surface area (Å²) in [6.45, 7) is 4.47. The van der Waals surface area contributed by atoms with Gasteiger partial charge in [-0.1, -0.05) is 62.4 Å². The predicted molar refractivity (Wildman–Crippen MR) is 116 cm³/mol. The molecule has 3 aromatic carbocycles. The fourth-order valence-electron chi connectivity index (χ4n) is 3.11. The van der Waals surface area contributed by atoms with Crippen LogP contribution in [0.3, 0.4) is 0 Å². The molecule has 0 unspecified atom stereocenters. The molecule has 0 aromatic heterocycles. The summed E-state index contributed by atoms with van der Waals surface area (Å²) in [5.74, 6) is 0.181. The Hall–Kier alpha value is -3.34. The fraction of sp³-hybridized carbons (Fsp3) is 0.250. The first-order chi connectivity index (χ1) is 14.1. The van der Waals surface area contributed by atoms with Gasteiger partial charge in [0.15, 0.2) is 6.10 Å². The Balaban J connectivity index is 1.78. The van der Waals surface area contributed by atoms with Crippen molar-refractivity contribution in [1.29, 1.82) is 0 Å². The monoisotopic (exact) mass is 390 g/mol. The predicted octanol–water partition coefficient (Wildman–Crippen LogP) is 4.78. The Morgan fingerprint density at radius 2 is 1.66 bits per heavy atom. The molecule has 0 aliphatic rings. The maximum atomic E-state index is 12.9. The van der Waals surface area contributed by atoms with E-state index in [4.69, 9.17) is 4.74 Å². The maximum absolute atomic E-state index is 12.9. The summed E-state index contributed by atoms with van der Waals surface area (Å²) in [7, 11) is 0. The molecule has 1 atom stereocenters. The number of hydrogen-bond donors (Lipinski definition) is 2. The summed E-state index contributed by atoms with van der Waals surface area (Å²) in [4.78, 5) is 25.3. The van der Waals surface area contributed by atoms with Crippen molar-refractivity contribution in [2.45, 2.75) is 32.8 Å². The van der Waals surface area contributed by atoms with Crippen LogP contribution in [0.15, 0.2) is 66.7 Å². The minimum atomic E-state index is -0.674. The maximum Gasteiger partial charge on any atom is 0.265 e. The Labute approximate surface area is 171 Å². The first kappa shape index (κ1) is 20.4. The molecular weight excluding hydrogens is 364 g/mol. The van der Waals surface area contributed by atoms with Crippen LogP contribution in [0.5, 0.6) is 5.75 Å². The van der Waals surface area contributed by atoms with E-state index in [0.29, 0.717) is 30.0 Å². The molecule has 29 heavy (non-hydrogen) atoms. The van der Waals surface area contributed by atoms with Gasteiger partial charge in [0.25, 0.3) is 11.8 Å². The number of carbonyl (C=O) groups excluding carboxylic acids is 2. The third-order valence-corrected chi connectivity index (χ3v) is 4.65. The normalized spacial score (nSPS) is 11.7. The van der Waals surface area contributed by atoms with Crippen molar-refractivity contribution in [2.24, 2.45) is 0 Å². The van der Waals surface area contributed by atoms with Gasteiger partial charge < -0.3 is 15.4 Å². The molecule has 5 heteroatoms. The molecule has 0 aliphatic carbocycles. The number of benzene rings is 3. The highest BCUT2D eigenvalue weighted by molar-refractivity contribution is 6.04. The number of hydrogen-bond acceptors (Lipinski definition) is 3. The van der Waals surface area contributed by atoms with Gasteiger partial charge in [-0.05, 0) is 36.4 Å². The molecule has 0 bridgehead atoms. The number of carbonyl (C=O) groups is 2. The molecule has 5 nitrogen and oxygen atoms in total. The van der Waals surface area contributed by atoms with Gasteiger partial charge in [-0.3, -0.25) is 9.59 Å². The van der Waals surface area contributed by atoms with Gasteiger partial charge in [0.2, 0.25) is 0 Å². The second kappa shape index (κ2) is 9.73. The molecule has 0 spiro atoms. The smallest absolute Gasteiger partial charge is 0.265 e. The molecule has 0 saturated carbocycles. The van der Waals surface area contributed by atoms with Crippen molar-refractivity contribution in [1.82, 2.24) is 5.32 Å². The first-order valence-corrected chi connectivity index (χ1v) is 9.96. The largest absolute Gasteiger partial charge is 0.480 e. The van der Waals surface area contributed by atoms with Crippen LogP contribution >= 0.6 is 0 Å². The lowest BCUT2D eigenvalue weighted by Gasteiger charge is -2.19. The van der Waals surface area contributed by atoms with E-state index in [2.05, 4.69) is 10.6 Å². The SMILES string of the molecule is CCCNC(=O)c1ccccc1NC(=O)[C@@H](CC)Oc1cccc2ccccc12. The number of anilines is 1. The van der Waals surface area contributed by atoms with Gasteiger partial charge in [-0.15, -0.1) is 0 Å². The van der Waals surface area contributed by atoms with E-state index in [0.717, 1.165) is 17.2 Å². The van der Waals surface area contributed by atoms with Gasteiger partial charge in [0, 0.05) is 11.9 Å². The van der Waals surface area contributed by atoms with Crippen molar-refractivity contribution in [3.05, 3.63) is 72.3 Å². The molecule has 0 fully saturated rings. The van der Waals surface area contributed by atoms with Crippen LogP contribution in [0.4, 0.5) is 5.69 Å². The number of para-hydroxylation sites is 1. The van der Waals surface area contributed by atoms with Gasteiger partial charge in [-0.25, -0.2) is 0 Å². The van der Waals surface area contributed by atoms with Crippen LogP contribution in [-0.4, -0.2) is 24.5 Å². The minimum absolute atomic E-state index is 0.203. The summed E-state index contributed by atoms with van der Waals surface area (Å²) in [5.41, 5.74) is 0.917. The zero-order valence-electron chi connectivity index (χ0n) is 16.8. The van der Waals surface area contributed by atoms with E-state index in [1.54, 1.807) is 24.3 Å². The molecule has 0 heterocycles. The highest BCUT2D eigenvalue weighted by Gasteiger charge is 2.21. The zero-order chi connectivity index (χ0) is 20.6. The Morgan fingerprint density at radius 3 is 2.45 bits per heavy atom. The molecule has 3 aromatic rings. The summed E-state index contributed by atoms with van der Waals surface area (Å²) < 4.78 is 6.06. The molecule has 2 amide bonds. The standard InChI is InChI=1S/C24H26N2O3/c1-3-16-25-23(27)19-13-7-8-14-20(19)26-24(28)21(4-2)29-22-15-9-11-17-10-5-6-12-18(17)22/h5-15,21H,3-4,16H2,1-2H3,(H,25,27)(H,26,28)/t21-/m1/s1. The quantitative estimate of drug-likeness (QED) is 0.582. The lowest BCUT2D eigenvalue weighted by atomic mass is 10.1. The molecule has 0 aliphatic heterocycles. The average Bonchev–Trinajstić information content (AvgIpc) is 2.76. The number of fused-ring (bicyclic) bond motifs is 1. The molecular formula is C24H26N2O3. The summed E-state index contributed by atoms with van der Waals surface area (Å²) in [6, 6.07) is 20.7. The Bertz CT molecular complexity index is 995.